The van der Waals surface area contributed by atoms with Gasteiger partial charge in [-0.1, -0.05) is 240 Å². The van der Waals surface area contributed by atoms with Crippen molar-refractivity contribution in [3.05, 3.63) is 164 Å². The van der Waals surface area contributed by atoms with E-state index in [1.165, 1.54) is 294 Å². The second-order valence-electron chi connectivity index (χ2n) is 28.4. The molecule has 0 amide bonds. The third-order valence-electron chi connectivity index (χ3n) is 20.9. The predicted octanol–water partition coefficient (Wildman–Crippen LogP) is 25.9. The molecule has 0 N–H and O–H groups in total. The second kappa shape index (κ2) is 29.5. The van der Waals surface area contributed by atoms with Gasteiger partial charge >= 0.3 is 0 Å². The summed E-state index contributed by atoms with van der Waals surface area (Å²) >= 11 is 0. The number of unbranched alkanes of at least 4 members (excludes halogenated alkanes) is 22. The Bertz CT molecular complexity index is 2800. The molecule has 84 heavy (non-hydrogen) atoms. The summed E-state index contributed by atoms with van der Waals surface area (Å²) in [5.74, 6) is 1.42. The topological polar surface area (TPSA) is 6.48 Å². The number of rotatable bonds is 32. The molecule has 0 unspecified atom stereocenters. The summed E-state index contributed by atoms with van der Waals surface area (Å²) in [6.07, 6.45) is 41.7. The Labute approximate surface area is 514 Å². The second-order valence-corrected chi connectivity index (χ2v) is 28.4. The van der Waals surface area contributed by atoms with E-state index in [9.17, 15) is 0 Å². The Morgan fingerprint density at radius 3 is 0.845 bits per heavy atom. The zero-order valence-corrected chi connectivity index (χ0v) is 55.5. The molecule has 0 radical (unpaired) electrons. The van der Waals surface area contributed by atoms with Gasteiger partial charge in [-0.2, -0.15) is 0 Å². The lowest BCUT2D eigenvalue weighted by atomic mass is 9.55. The minimum atomic E-state index is 0.0551. The molecule has 0 spiro atoms. The van der Waals surface area contributed by atoms with E-state index in [-0.39, 0.29) is 10.8 Å². The van der Waals surface area contributed by atoms with Crippen molar-refractivity contribution in [3.8, 4) is 11.1 Å². The largest absolute Gasteiger partial charge is 0.310 e. The Balaban J connectivity index is 1.13. The Morgan fingerprint density at radius 1 is 0.298 bits per heavy atom. The van der Waals surface area contributed by atoms with Crippen molar-refractivity contribution >= 4 is 34.1 Å². The lowest BCUT2D eigenvalue weighted by Crippen LogP contribution is -2.43. The van der Waals surface area contributed by atoms with Gasteiger partial charge in [-0.05, 0) is 222 Å². The molecule has 9 rings (SSSR count). The quantitative estimate of drug-likeness (QED) is 0.0389. The van der Waals surface area contributed by atoms with Gasteiger partial charge in [0.15, 0.2) is 0 Å². The molecule has 0 saturated heterocycles. The van der Waals surface area contributed by atoms with Crippen molar-refractivity contribution in [3.63, 3.8) is 0 Å². The first-order valence-corrected chi connectivity index (χ1v) is 34.9. The molecule has 0 bridgehead atoms. The summed E-state index contributed by atoms with van der Waals surface area (Å²) in [5.41, 5.74) is 27.5. The van der Waals surface area contributed by atoms with Crippen LogP contribution in [0.25, 0.3) is 11.1 Å². The monoisotopic (exact) mass is 1130 g/mol. The van der Waals surface area contributed by atoms with E-state index >= 15 is 0 Å². The van der Waals surface area contributed by atoms with E-state index in [0.717, 1.165) is 0 Å². The highest BCUT2D eigenvalue weighted by Crippen LogP contribution is 2.73. The van der Waals surface area contributed by atoms with Crippen LogP contribution in [0, 0.1) is 81.1 Å². The highest BCUT2D eigenvalue weighted by Gasteiger charge is 2.66. The van der Waals surface area contributed by atoms with Gasteiger partial charge < -0.3 is 9.80 Å². The zero-order valence-electron chi connectivity index (χ0n) is 55.5. The van der Waals surface area contributed by atoms with Gasteiger partial charge in [0.2, 0.25) is 0 Å². The molecule has 0 aromatic heterocycles. The molecule has 0 aliphatic heterocycles. The number of hydrogen-bond acceptors (Lipinski definition) is 2. The standard InChI is InChI=1S/C82H114N2/c1-13-15-17-19-21-23-25-27-29-31-33-35-37-69-55-81-57-70(38-36-34-32-30-28-26-24-22-20-18-16-14-2)58-82(81,56-69)78-54-72(84(74-51-61(5)44-62(6)52-74)80-67(11)47-64(8)48-68(80)12)40-42-76(78)75-41-39-71(53-77(75)81)83(73-49-59(3)43-60(4)50-73)79-65(9)45-63(7)46-66(79)10/h39-54,69-70H,13-38,55-58H2,1-12H3/t69?,70?,81-,82+. The summed E-state index contributed by atoms with van der Waals surface area (Å²) in [5, 5.41) is 0. The minimum Gasteiger partial charge on any atom is -0.310 e. The van der Waals surface area contributed by atoms with Crippen LogP contribution in [0.5, 0.6) is 0 Å². The predicted molar refractivity (Wildman–Crippen MR) is 369 cm³/mol. The molecule has 2 heteroatoms. The number of benzene rings is 6. The fourth-order valence-corrected chi connectivity index (χ4v) is 17.6. The van der Waals surface area contributed by atoms with E-state index < -0.39 is 0 Å². The summed E-state index contributed by atoms with van der Waals surface area (Å²) in [6.45, 7) is 27.7. The van der Waals surface area contributed by atoms with Gasteiger partial charge in [0.25, 0.3) is 0 Å². The van der Waals surface area contributed by atoms with E-state index in [1.54, 1.807) is 11.1 Å². The average Bonchev–Trinajstić information content (AvgIpc) is 1.53. The van der Waals surface area contributed by atoms with Crippen molar-refractivity contribution in [2.24, 2.45) is 11.8 Å². The van der Waals surface area contributed by atoms with Crippen LogP contribution in [0.3, 0.4) is 0 Å². The summed E-state index contributed by atoms with van der Waals surface area (Å²) < 4.78 is 0. The van der Waals surface area contributed by atoms with Crippen molar-refractivity contribution in [1.82, 2.24) is 0 Å². The molecule has 2 fully saturated rings. The molecular formula is C82H114N2. The Kier molecular flexibility index (Phi) is 22.3. The third kappa shape index (κ3) is 14.7. The molecule has 452 valence electrons. The van der Waals surface area contributed by atoms with E-state index in [0.29, 0.717) is 11.8 Å². The minimum absolute atomic E-state index is 0.0551. The van der Waals surface area contributed by atoms with E-state index in [1.807, 2.05) is 0 Å². The molecule has 6 aromatic carbocycles. The van der Waals surface area contributed by atoms with Crippen LogP contribution in [0.4, 0.5) is 34.1 Å². The van der Waals surface area contributed by atoms with Gasteiger partial charge in [-0.25, -0.2) is 0 Å². The van der Waals surface area contributed by atoms with Crippen molar-refractivity contribution in [2.75, 3.05) is 9.80 Å². The molecule has 0 heterocycles. The van der Waals surface area contributed by atoms with E-state index in [2.05, 4.69) is 190 Å². The van der Waals surface area contributed by atoms with Gasteiger partial charge in [0, 0.05) is 33.6 Å². The van der Waals surface area contributed by atoms with Crippen molar-refractivity contribution < 1.29 is 0 Å². The summed E-state index contributed by atoms with van der Waals surface area (Å²) in [6, 6.07) is 39.8. The Morgan fingerprint density at radius 2 is 0.560 bits per heavy atom. The maximum atomic E-state index is 2.77. The molecule has 2 nitrogen and oxygen atoms in total. The first kappa shape index (κ1) is 63.4. The SMILES string of the molecule is CCCCCCCCCCCCCCC1C[C@]23CC(CCCCCCCCCCCCCC)C[C@@]2(C1)c1cc(N(c2cc(C)cc(C)c2)c2c(C)cc(C)cc2C)ccc1-c1ccc(N(c2cc(C)cc(C)c2)c2c(C)cc(C)cc2C)cc13. The number of hydrogen-bond donors (Lipinski definition) is 0. The van der Waals surface area contributed by atoms with Crippen LogP contribution in [0.1, 0.15) is 273 Å². The Hall–Kier alpha value is -5.08. The van der Waals surface area contributed by atoms with Gasteiger partial charge in [0.05, 0.1) is 11.4 Å². The molecule has 6 aromatic rings. The number of fused-ring (bicyclic) bond motifs is 3. The van der Waals surface area contributed by atoms with Crippen molar-refractivity contribution in [1.29, 1.82) is 0 Å². The highest BCUT2D eigenvalue weighted by molar-refractivity contribution is 5.89. The first-order chi connectivity index (χ1) is 40.6. The average molecular weight is 1130 g/mol. The molecule has 3 aliphatic carbocycles. The zero-order chi connectivity index (χ0) is 59.4. The molecule has 3 aliphatic rings. The maximum absolute atomic E-state index is 2.77. The van der Waals surface area contributed by atoms with Crippen LogP contribution in [0.15, 0.2) is 97.1 Å². The van der Waals surface area contributed by atoms with Crippen LogP contribution < -0.4 is 9.80 Å². The van der Waals surface area contributed by atoms with Gasteiger partial charge in [-0.15, -0.1) is 0 Å². The normalized spacial score (nSPS) is 18.7. The number of nitrogens with zero attached hydrogens (tertiary/aromatic N) is 2. The fourth-order valence-electron chi connectivity index (χ4n) is 17.6. The van der Waals surface area contributed by atoms with Gasteiger partial charge in [0.1, 0.15) is 0 Å². The highest BCUT2D eigenvalue weighted by atomic mass is 15.2. The van der Waals surface area contributed by atoms with Crippen molar-refractivity contribution in [2.45, 2.75) is 287 Å². The lowest BCUT2D eigenvalue weighted by molar-refractivity contribution is 0.299. The lowest BCUT2D eigenvalue weighted by Gasteiger charge is -2.48. The van der Waals surface area contributed by atoms with Crippen LogP contribution >= 0.6 is 0 Å². The van der Waals surface area contributed by atoms with E-state index in [4.69, 9.17) is 0 Å². The maximum Gasteiger partial charge on any atom is 0.0520 e. The fraction of sp³-hybridized carbons (Fsp3) is 0.561. The molecule has 0 atom stereocenters. The number of anilines is 6. The van der Waals surface area contributed by atoms with Crippen LogP contribution in [-0.4, -0.2) is 0 Å². The smallest absolute Gasteiger partial charge is 0.0520 e. The molecular weight excluding hydrogens is 1010 g/mol. The third-order valence-corrected chi connectivity index (χ3v) is 20.9. The summed E-state index contributed by atoms with van der Waals surface area (Å²) in [7, 11) is 0. The number of aryl methyl sites for hydroxylation is 10. The first-order valence-electron chi connectivity index (χ1n) is 34.9. The van der Waals surface area contributed by atoms with Crippen LogP contribution in [0.2, 0.25) is 0 Å². The van der Waals surface area contributed by atoms with Gasteiger partial charge in [-0.3, -0.25) is 0 Å². The van der Waals surface area contributed by atoms with Crippen LogP contribution in [-0.2, 0) is 10.8 Å². The molecule has 2 saturated carbocycles. The summed E-state index contributed by atoms with van der Waals surface area (Å²) in [4.78, 5) is 5.32.